The molecule has 0 heterocycles. The number of fused-ring (bicyclic) bond motifs is 1. The first kappa shape index (κ1) is 14.7. The molecule has 1 aliphatic carbocycles. The number of carbonyl (C=O) groups is 1. The lowest BCUT2D eigenvalue weighted by molar-refractivity contribution is -0.121. The van der Waals surface area contributed by atoms with Crippen molar-refractivity contribution in [2.45, 2.75) is 25.0 Å². The summed E-state index contributed by atoms with van der Waals surface area (Å²) < 4.78 is 26.0. The number of aliphatic hydroxyl groups excluding tert-OH is 1. The van der Waals surface area contributed by atoms with Crippen molar-refractivity contribution in [1.29, 1.82) is 0 Å². The van der Waals surface area contributed by atoms with Crippen molar-refractivity contribution in [3.63, 3.8) is 0 Å². The molecule has 2 aromatic rings. The molecule has 2 aromatic carbocycles. The van der Waals surface area contributed by atoms with Crippen LogP contribution in [0.5, 0.6) is 0 Å². The monoisotopic (exact) mass is 303 g/mol. The zero-order chi connectivity index (χ0) is 15.7. The number of hydrogen-bond acceptors (Lipinski definition) is 2. The number of nitrogens with one attached hydrogen (secondary N) is 1. The van der Waals surface area contributed by atoms with E-state index in [1.165, 1.54) is 6.07 Å². The highest BCUT2D eigenvalue weighted by atomic mass is 19.2. The number of benzene rings is 2. The van der Waals surface area contributed by atoms with Crippen LogP contribution in [0.2, 0.25) is 0 Å². The maximum Gasteiger partial charge on any atom is 0.224 e. The highest BCUT2D eigenvalue weighted by Crippen LogP contribution is 2.31. The quantitative estimate of drug-likeness (QED) is 0.914. The van der Waals surface area contributed by atoms with Crippen LogP contribution in [0.4, 0.5) is 8.78 Å². The molecule has 0 saturated carbocycles. The largest absolute Gasteiger partial charge is 0.390 e. The van der Waals surface area contributed by atoms with Crippen molar-refractivity contribution < 1.29 is 18.7 Å². The number of rotatable bonds is 3. The van der Waals surface area contributed by atoms with Gasteiger partial charge in [0.25, 0.3) is 0 Å². The Labute approximate surface area is 126 Å². The molecule has 5 heteroatoms. The van der Waals surface area contributed by atoms with Gasteiger partial charge in [0.1, 0.15) is 0 Å². The number of aliphatic hydroxyl groups is 1. The Kier molecular flexibility index (Phi) is 3.90. The van der Waals surface area contributed by atoms with Crippen LogP contribution in [0.25, 0.3) is 0 Å². The van der Waals surface area contributed by atoms with Crippen LogP contribution in [0, 0.1) is 11.6 Å². The number of amides is 1. The van der Waals surface area contributed by atoms with Gasteiger partial charge < -0.3 is 10.4 Å². The highest BCUT2D eigenvalue weighted by Gasteiger charge is 2.31. The van der Waals surface area contributed by atoms with E-state index in [4.69, 9.17) is 0 Å². The predicted molar refractivity (Wildman–Crippen MR) is 77.1 cm³/mol. The third-order valence-corrected chi connectivity index (χ3v) is 3.87. The molecular weight excluding hydrogens is 288 g/mol. The van der Waals surface area contributed by atoms with Crippen molar-refractivity contribution in [1.82, 2.24) is 5.32 Å². The fraction of sp³-hybridized carbons (Fsp3) is 0.235. The Morgan fingerprint density at radius 3 is 2.73 bits per heavy atom. The molecule has 0 aliphatic heterocycles. The van der Waals surface area contributed by atoms with E-state index in [1.54, 1.807) is 0 Å². The molecule has 2 unspecified atom stereocenters. The smallest absolute Gasteiger partial charge is 0.224 e. The van der Waals surface area contributed by atoms with Gasteiger partial charge in [0, 0.05) is 6.42 Å². The van der Waals surface area contributed by atoms with Crippen molar-refractivity contribution in [2.75, 3.05) is 0 Å². The summed E-state index contributed by atoms with van der Waals surface area (Å²) in [6.45, 7) is 0. The van der Waals surface area contributed by atoms with Crippen LogP contribution in [-0.4, -0.2) is 17.1 Å². The summed E-state index contributed by atoms with van der Waals surface area (Å²) >= 11 is 0. The van der Waals surface area contributed by atoms with Crippen LogP contribution in [-0.2, 0) is 17.6 Å². The Morgan fingerprint density at radius 2 is 1.95 bits per heavy atom. The van der Waals surface area contributed by atoms with E-state index < -0.39 is 23.8 Å². The van der Waals surface area contributed by atoms with E-state index in [9.17, 15) is 18.7 Å². The standard InChI is InChI=1S/C17H15F2NO2/c18-13-6-5-10(7-14(13)19)8-16(22)20-17-12-4-2-1-3-11(12)9-15(17)21/h1-7,15,17,21H,8-9H2,(H,20,22). The van der Waals surface area contributed by atoms with Crippen LogP contribution in [0.3, 0.4) is 0 Å². The SMILES string of the molecule is O=C(Cc1ccc(F)c(F)c1)NC1c2ccccc2CC1O. The molecule has 0 saturated heterocycles. The fourth-order valence-corrected chi connectivity index (χ4v) is 2.81. The van der Waals surface area contributed by atoms with Gasteiger partial charge in [-0.15, -0.1) is 0 Å². The van der Waals surface area contributed by atoms with Gasteiger partial charge in [-0.25, -0.2) is 8.78 Å². The van der Waals surface area contributed by atoms with E-state index in [-0.39, 0.29) is 12.3 Å². The average Bonchev–Trinajstić information content (AvgIpc) is 2.79. The molecule has 114 valence electrons. The molecule has 3 rings (SSSR count). The van der Waals surface area contributed by atoms with Gasteiger partial charge in [-0.1, -0.05) is 30.3 Å². The lowest BCUT2D eigenvalue weighted by Gasteiger charge is -2.18. The lowest BCUT2D eigenvalue weighted by atomic mass is 10.1. The Balaban J connectivity index is 1.70. The van der Waals surface area contributed by atoms with Crippen molar-refractivity contribution in [3.8, 4) is 0 Å². The van der Waals surface area contributed by atoms with Crippen molar-refractivity contribution in [3.05, 3.63) is 70.8 Å². The second kappa shape index (κ2) is 5.85. The number of hydrogen-bond donors (Lipinski definition) is 2. The summed E-state index contributed by atoms with van der Waals surface area (Å²) in [7, 11) is 0. The molecule has 0 radical (unpaired) electrons. The summed E-state index contributed by atoms with van der Waals surface area (Å²) in [6, 6.07) is 10.4. The molecule has 0 aromatic heterocycles. The summed E-state index contributed by atoms with van der Waals surface area (Å²) in [5.74, 6) is -2.26. The van der Waals surface area contributed by atoms with Gasteiger partial charge in [-0.3, -0.25) is 4.79 Å². The molecule has 22 heavy (non-hydrogen) atoms. The lowest BCUT2D eigenvalue weighted by Crippen LogP contribution is -2.34. The van der Waals surface area contributed by atoms with Crippen LogP contribution < -0.4 is 5.32 Å². The van der Waals surface area contributed by atoms with E-state index in [2.05, 4.69) is 5.32 Å². The van der Waals surface area contributed by atoms with Crippen molar-refractivity contribution >= 4 is 5.91 Å². The van der Waals surface area contributed by atoms with E-state index in [0.717, 1.165) is 23.3 Å². The maximum atomic E-state index is 13.1. The maximum absolute atomic E-state index is 13.1. The van der Waals surface area contributed by atoms with Gasteiger partial charge >= 0.3 is 0 Å². The molecule has 2 atom stereocenters. The Hall–Kier alpha value is -2.27. The van der Waals surface area contributed by atoms with Crippen LogP contribution >= 0.6 is 0 Å². The minimum atomic E-state index is -0.975. The fourth-order valence-electron chi connectivity index (χ4n) is 2.81. The zero-order valence-electron chi connectivity index (χ0n) is 11.7. The van der Waals surface area contributed by atoms with Crippen LogP contribution in [0.1, 0.15) is 22.7 Å². The summed E-state index contributed by atoms with van der Waals surface area (Å²) in [4.78, 5) is 12.1. The molecule has 3 nitrogen and oxygen atoms in total. The van der Waals surface area contributed by atoms with E-state index in [1.807, 2.05) is 24.3 Å². The minimum Gasteiger partial charge on any atom is -0.390 e. The first-order chi connectivity index (χ1) is 10.5. The first-order valence-electron chi connectivity index (χ1n) is 7.04. The summed E-state index contributed by atoms with van der Waals surface area (Å²) in [6.07, 6.45) is -0.249. The van der Waals surface area contributed by atoms with Crippen molar-refractivity contribution in [2.24, 2.45) is 0 Å². The van der Waals surface area contributed by atoms with E-state index >= 15 is 0 Å². The van der Waals surface area contributed by atoms with Gasteiger partial charge in [-0.05, 0) is 28.8 Å². The molecule has 0 fully saturated rings. The average molecular weight is 303 g/mol. The van der Waals surface area contributed by atoms with Gasteiger partial charge in [-0.2, -0.15) is 0 Å². The van der Waals surface area contributed by atoms with Gasteiger partial charge in [0.05, 0.1) is 18.6 Å². The Bertz CT molecular complexity index is 718. The zero-order valence-corrected chi connectivity index (χ0v) is 11.7. The van der Waals surface area contributed by atoms with E-state index in [0.29, 0.717) is 12.0 Å². The molecule has 2 N–H and O–H groups in total. The third-order valence-electron chi connectivity index (χ3n) is 3.87. The molecule has 1 amide bonds. The molecule has 0 spiro atoms. The minimum absolute atomic E-state index is 0.0669. The topological polar surface area (TPSA) is 49.3 Å². The molecule has 1 aliphatic rings. The number of halogens is 2. The predicted octanol–water partition coefficient (Wildman–Crippen LogP) is 2.28. The first-order valence-corrected chi connectivity index (χ1v) is 7.04. The summed E-state index contributed by atoms with van der Waals surface area (Å²) in [5, 5.41) is 12.8. The van der Waals surface area contributed by atoms with Crippen LogP contribution in [0.15, 0.2) is 42.5 Å². The summed E-state index contributed by atoms with van der Waals surface area (Å²) in [5.41, 5.74) is 2.29. The normalized spacial score (nSPS) is 19.8. The second-order valence-corrected chi connectivity index (χ2v) is 5.44. The van der Waals surface area contributed by atoms with Gasteiger partial charge in [0.15, 0.2) is 11.6 Å². The van der Waals surface area contributed by atoms with Gasteiger partial charge in [0.2, 0.25) is 5.91 Å². The second-order valence-electron chi connectivity index (χ2n) is 5.44. The number of carbonyl (C=O) groups excluding carboxylic acids is 1. The Morgan fingerprint density at radius 1 is 1.18 bits per heavy atom. The molecule has 0 bridgehead atoms. The molecular formula is C17H15F2NO2. The highest BCUT2D eigenvalue weighted by molar-refractivity contribution is 5.79. The third kappa shape index (κ3) is 2.85.